The Hall–Kier alpha value is -1.83. The molecule has 20 heavy (non-hydrogen) atoms. The summed E-state index contributed by atoms with van der Waals surface area (Å²) in [5.74, 6) is 0.870. The van der Waals surface area contributed by atoms with E-state index >= 15 is 0 Å². The van der Waals surface area contributed by atoms with Crippen LogP contribution in [0.1, 0.15) is 16.9 Å². The molecular formula is C12H15N3O4S. The Labute approximate surface area is 120 Å². The molecule has 1 N–H and O–H groups in total. The molecule has 7 nitrogen and oxygen atoms in total. The van der Waals surface area contributed by atoms with Crippen molar-refractivity contribution < 1.29 is 19.4 Å². The van der Waals surface area contributed by atoms with E-state index in [2.05, 4.69) is 14.9 Å². The minimum Gasteiger partial charge on any atom is -0.481 e. The monoisotopic (exact) mass is 297 g/mol. The number of carbonyl (C=O) groups excluding carboxylic acids is 1. The zero-order valence-corrected chi connectivity index (χ0v) is 11.8. The van der Waals surface area contributed by atoms with Crippen molar-refractivity contribution in [3.63, 3.8) is 0 Å². The normalized spacial score (nSPS) is 18.6. The van der Waals surface area contributed by atoms with Crippen LogP contribution in [0.3, 0.4) is 0 Å². The summed E-state index contributed by atoms with van der Waals surface area (Å²) < 4.78 is 4.56. The van der Waals surface area contributed by atoms with Crippen LogP contribution in [-0.2, 0) is 9.53 Å². The second-order valence-corrected chi connectivity index (χ2v) is 5.44. The number of carbonyl (C=O) groups is 2. The van der Waals surface area contributed by atoms with Gasteiger partial charge in [-0.15, -0.1) is 10.2 Å². The van der Waals surface area contributed by atoms with Crippen LogP contribution >= 0.6 is 11.8 Å². The average molecular weight is 297 g/mol. The van der Waals surface area contributed by atoms with Crippen molar-refractivity contribution in [2.45, 2.75) is 12.5 Å². The van der Waals surface area contributed by atoms with Gasteiger partial charge in [0.15, 0.2) is 11.5 Å². The zero-order valence-electron chi connectivity index (χ0n) is 11.0. The number of anilines is 1. The summed E-state index contributed by atoms with van der Waals surface area (Å²) >= 11 is 1.73. The van der Waals surface area contributed by atoms with E-state index < -0.39 is 11.9 Å². The molecule has 0 radical (unpaired) electrons. The molecule has 0 bridgehead atoms. The number of thioether (sulfide) groups is 1. The van der Waals surface area contributed by atoms with Crippen LogP contribution in [0, 0.1) is 0 Å². The molecule has 1 aromatic heterocycles. The lowest BCUT2D eigenvalue weighted by atomic mass is 10.2. The van der Waals surface area contributed by atoms with Crippen molar-refractivity contribution in [1.82, 2.24) is 10.2 Å². The number of ether oxygens (including phenoxy) is 1. The minimum atomic E-state index is -0.832. The second kappa shape index (κ2) is 6.56. The number of aliphatic carboxylic acids is 1. The molecule has 1 aliphatic heterocycles. The molecule has 0 saturated carbocycles. The second-order valence-electron chi connectivity index (χ2n) is 4.29. The summed E-state index contributed by atoms with van der Waals surface area (Å²) in [6.07, 6.45) is 0.0629. The molecule has 1 atom stereocenters. The molecule has 1 aliphatic rings. The van der Waals surface area contributed by atoms with E-state index in [9.17, 15) is 9.59 Å². The first-order valence-corrected chi connectivity index (χ1v) is 7.25. The van der Waals surface area contributed by atoms with Gasteiger partial charge in [0.1, 0.15) is 0 Å². The van der Waals surface area contributed by atoms with Gasteiger partial charge in [-0.3, -0.25) is 4.79 Å². The highest BCUT2D eigenvalue weighted by Gasteiger charge is 2.26. The molecule has 108 valence electrons. The smallest absolute Gasteiger partial charge is 0.358 e. The van der Waals surface area contributed by atoms with E-state index in [1.54, 1.807) is 17.8 Å². The van der Waals surface area contributed by atoms with Crippen LogP contribution in [0.25, 0.3) is 0 Å². The fourth-order valence-corrected chi connectivity index (χ4v) is 3.08. The number of rotatable bonds is 4. The Bertz CT molecular complexity index is 494. The fraction of sp³-hybridized carbons (Fsp3) is 0.500. The molecular weight excluding hydrogens is 282 g/mol. The van der Waals surface area contributed by atoms with Gasteiger partial charge in [0.05, 0.1) is 13.5 Å². The number of hydrogen-bond acceptors (Lipinski definition) is 7. The number of hydrogen-bond donors (Lipinski definition) is 1. The van der Waals surface area contributed by atoms with Crippen LogP contribution < -0.4 is 4.90 Å². The van der Waals surface area contributed by atoms with Crippen LogP contribution in [0.2, 0.25) is 0 Å². The summed E-state index contributed by atoms with van der Waals surface area (Å²) in [6, 6.07) is 3.10. The zero-order chi connectivity index (χ0) is 14.5. The predicted molar refractivity (Wildman–Crippen MR) is 74.1 cm³/mol. The Kier molecular flexibility index (Phi) is 4.78. The van der Waals surface area contributed by atoms with Crippen molar-refractivity contribution in [2.24, 2.45) is 0 Å². The number of nitrogens with zero attached hydrogens (tertiary/aromatic N) is 3. The lowest BCUT2D eigenvalue weighted by Crippen LogP contribution is -2.44. The Morgan fingerprint density at radius 1 is 1.50 bits per heavy atom. The van der Waals surface area contributed by atoms with E-state index in [4.69, 9.17) is 5.11 Å². The summed E-state index contributed by atoms with van der Waals surface area (Å²) in [6.45, 7) is 0.717. The van der Waals surface area contributed by atoms with E-state index in [0.29, 0.717) is 5.82 Å². The molecule has 0 spiro atoms. The van der Waals surface area contributed by atoms with Crippen molar-refractivity contribution in [3.05, 3.63) is 17.8 Å². The maximum atomic E-state index is 11.3. The van der Waals surface area contributed by atoms with Gasteiger partial charge in [-0.2, -0.15) is 11.8 Å². The van der Waals surface area contributed by atoms with Crippen molar-refractivity contribution in [2.75, 3.05) is 30.1 Å². The summed E-state index contributed by atoms with van der Waals surface area (Å²) in [5.41, 5.74) is 0.136. The SMILES string of the molecule is COC(=O)c1ccc(N2CCSCC2CC(=O)O)nn1. The Balaban J connectivity index is 2.15. The molecule has 0 amide bonds. The highest BCUT2D eigenvalue weighted by molar-refractivity contribution is 7.99. The minimum absolute atomic E-state index is 0.0629. The molecule has 0 aliphatic carbocycles. The van der Waals surface area contributed by atoms with Crippen LogP contribution in [0.4, 0.5) is 5.82 Å². The van der Waals surface area contributed by atoms with E-state index in [-0.39, 0.29) is 18.2 Å². The molecule has 2 heterocycles. The maximum absolute atomic E-state index is 11.3. The first kappa shape index (κ1) is 14.6. The first-order chi connectivity index (χ1) is 9.61. The van der Waals surface area contributed by atoms with Gasteiger partial charge < -0.3 is 14.7 Å². The van der Waals surface area contributed by atoms with Gasteiger partial charge in [0, 0.05) is 24.1 Å². The summed E-state index contributed by atoms with van der Waals surface area (Å²) in [5, 5.41) is 16.8. The molecule has 1 unspecified atom stereocenters. The van der Waals surface area contributed by atoms with E-state index in [0.717, 1.165) is 18.1 Å². The van der Waals surface area contributed by atoms with Gasteiger partial charge in [0.2, 0.25) is 0 Å². The topological polar surface area (TPSA) is 92.6 Å². The van der Waals surface area contributed by atoms with Gasteiger partial charge in [-0.05, 0) is 12.1 Å². The molecule has 2 rings (SSSR count). The quantitative estimate of drug-likeness (QED) is 0.810. The molecule has 0 aromatic carbocycles. The molecule has 1 fully saturated rings. The highest BCUT2D eigenvalue weighted by Crippen LogP contribution is 2.23. The van der Waals surface area contributed by atoms with Gasteiger partial charge >= 0.3 is 11.9 Å². The number of carboxylic acids is 1. The maximum Gasteiger partial charge on any atom is 0.358 e. The lowest BCUT2D eigenvalue weighted by Gasteiger charge is -2.35. The van der Waals surface area contributed by atoms with Crippen molar-refractivity contribution in [3.8, 4) is 0 Å². The van der Waals surface area contributed by atoms with Crippen LogP contribution in [0.5, 0.6) is 0 Å². The van der Waals surface area contributed by atoms with Gasteiger partial charge in [-0.25, -0.2) is 4.79 Å². The van der Waals surface area contributed by atoms with E-state index in [1.807, 2.05) is 4.90 Å². The van der Waals surface area contributed by atoms with Crippen molar-refractivity contribution in [1.29, 1.82) is 0 Å². The number of aromatic nitrogens is 2. The van der Waals surface area contributed by atoms with Crippen LogP contribution in [-0.4, -0.2) is 58.4 Å². The predicted octanol–water partition coefficient (Wildman–Crippen LogP) is 0.660. The van der Waals surface area contributed by atoms with Gasteiger partial charge in [-0.1, -0.05) is 0 Å². The number of carboxylic acid groups (broad SMARTS) is 1. The molecule has 8 heteroatoms. The van der Waals surface area contributed by atoms with Gasteiger partial charge in [0.25, 0.3) is 0 Å². The largest absolute Gasteiger partial charge is 0.481 e. The average Bonchev–Trinajstić information content (AvgIpc) is 2.46. The van der Waals surface area contributed by atoms with Crippen LogP contribution in [0.15, 0.2) is 12.1 Å². The first-order valence-electron chi connectivity index (χ1n) is 6.10. The molecule has 1 saturated heterocycles. The number of methoxy groups -OCH3 is 1. The number of esters is 1. The third-order valence-electron chi connectivity index (χ3n) is 2.98. The summed E-state index contributed by atoms with van der Waals surface area (Å²) in [7, 11) is 1.28. The Morgan fingerprint density at radius 2 is 2.30 bits per heavy atom. The fourth-order valence-electron chi connectivity index (χ4n) is 2.02. The molecule has 1 aromatic rings. The lowest BCUT2D eigenvalue weighted by molar-refractivity contribution is -0.137. The standard InChI is InChI=1S/C12H15N3O4S/c1-19-12(18)9-2-3-10(14-13-9)15-4-5-20-7-8(15)6-11(16)17/h2-3,8H,4-7H2,1H3,(H,16,17). The summed E-state index contributed by atoms with van der Waals surface area (Å²) in [4.78, 5) is 24.1. The highest BCUT2D eigenvalue weighted by atomic mass is 32.2. The Morgan fingerprint density at radius 3 is 2.90 bits per heavy atom. The van der Waals surface area contributed by atoms with E-state index in [1.165, 1.54) is 13.2 Å². The van der Waals surface area contributed by atoms with Crippen molar-refractivity contribution >= 4 is 29.5 Å². The third kappa shape index (κ3) is 3.38. The third-order valence-corrected chi connectivity index (χ3v) is 4.07.